The number of phenolic OH excluding ortho intramolecular Hbond substituents is 2. The van der Waals surface area contributed by atoms with Crippen LogP contribution in [0.15, 0.2) is 109 Å². The Labute approximate surface area is 749 Å². The van der Waals surface area contributed by atoms with Gasteiger partial charge in [0.25, 0.3) is 0 Å². The number of hydrogen-bond acceptors (Lipinski definition) is 10. The van der Waals surface area contributed by atoms with Crippen molar-refractivity contribution in [1.82, 2.24) is 4.98 Å². The van der Waals surface area contributed by atoms with Crippen molar-refractivity contribution in [3.8, 4) is 23.0 Å². The molecule has 5 unspecified atom stereocenters. The van der Waals surface area contributed by atoms with Crippen LogP contribution in [0.5, 0.6) is 23.0 Å². The fraction of sp³-hybridized carbons (Fsp3) is 0.591. The summed E-state index contributed by atoms with van der Waals surface area (Å²) in [6.45, 7) is 52.3. The van der Waals surface area contributed by atoms with Gasteiger partial charge in [-0.05, 0) is 182 Å². The Morgan fingerprint density at radius 1 is 0.580 bits per heavy atom. The largest absolute Gasteiger partial charge is 1.00 e. The smallest absolute Gasteiger partial charge is 1.00 e. The van der Waals surface area contributed by atoms with Crippen LogP contribution in [-0.2, 0) is 56.3 Å². The van der Waals surface area contributed by atoms with E-state index in [-0.39, 0.29) is 110 Å². The molecule has 112 heavy (non-hydrogen) atoms. The molecule has 8 aliphatic carbocycles. The maximum absolute atomic E-state index is 11.7. The number of hydrogen-bond donors (Lipinski definition) is 3. The van der Waals surface area contributed by atoms with Gasteiger partial charge in [0.2, 0.25) is 8.32 Å². The van der Waals surface area contributed by atoms with Crippen LogP contribution in [0.25, 0.3) is 22.1 Å². The van der Waals surface area contributed by atoms with Crippen molar-refractivity contribution in [2.75, 3.05) is 18.6 Å². The van der Waals surface area contributed by atoms with Crippen molar-refractivity contribution in [3.05, 3.63) is 177 Å². The van der Waals surface area contributed by atoms with E-state index < -0.39 is 50.8 Å². The third-order valence-electron chi connectivity index (χ3n) is 19.6. The molecule has 4 aromatic carbocycles. The quantitative estimate of drug-likeness (QED) is 0.0749. The van der Waals surface area contributed by atoms with Gasteiger partial charge < -0.3 is 62.4 Å². The molecule has 0 radical (unpaired) electrons. The van der Waals surface area contributed by atoms with E-state index in [4.69, 9.17) is 74.2 Å². The number of carbonyl (C=O) groups is 2. The van der Waals surface area contributed by atoms with Crippen LogP contribution in [-0.4, -0.2) is 96.8 Å². The van der Waals surface area contributed by atoms with E-state index in [1.165, 1.54) is 93.4 Å². The second-order valence-electron chi connectivity index (χ2n) is 35.8. The van der Waals surface area contributed by atoms with E-state index in [2.05, 4.69) is 216 Å². The molecular formula is C88H140Cl4Li3N3O9Si4Ti-2. The molecule has 4 fully saturated rings. The zero-order valence-corrected chi connectivity index (χ0v) is 82.7. The van der Waals surface area contributed by atoms with Crippen LogP contribution in [0, 0.1) is 37.0 Å². The molecule has 0 spiro atoms. The number of benzene rings is 4. The number of ether oxygens (including phenoxy) is 1. The first-order valence-electron chi connectivity index (χ1n) is 39.3. The number of Topliss-reactive ketones (excluding diaryl/α,β-unsaturated/α-hetero) is 2. The monoisotopic (exact) mass is 1700 g/mol. The van der Waals surface area contributed by atoms with Gasteiger partial charge in [0, 0.05) is 77.0 Å². The molecule has 3 saturated carbocycles. The molecule has 3 N–H and O–H groups in total. The number of halogens is 4. The summed E-state index contributed by atoms with van der Waals surface area (Å²) < 4.78 is 30.5. The summed E-state index contributed by atoms with van der Waals surface area (Å²) >= 11 is 8.97. The number of allylic oxidation sites excluding steroid dienone is 6. The van der Waals surface area contributed by atoms with Gasteiger partial charge >= 0.3 is 101 Å². The Morgan fingerprint density at radius 2 is 1.03 bits per heavy atom. The zero-order valence-electron chi connectivity index (χ0n) is 75.2. The van der Waals surface area contributed by atoms with Crippen LogP contribution in [0.3, 0.4) is 0 Å². The van der Waals surface area contributed by atoms with Crippen molar-refractivity contribution < 1.29 is 117 Å². The summed E-state index contributed by atoms with van der Waals surface area (Å²) in [6.07, 6.45) is 35.1. The van der Waals surface area contributed by atoms with Crippen LogP contribution >= 0.6 is 41.8 Å². The normalized spacial score (nSPS) is 19.1. The maximum Gasteiger partial charge on any atom is 1.00 e. The van der Waals surface area contributed by atoms with E-state index in [1.54, 1.807) is 24.3 Å². The molecule has 1 heterocycles. The molecule has 12 nitrogen and oxygen atoms in total. The van der Waals surface area contributed by atoms with Crippen LogP contribution in [0.4, 0.5) is 0 Å². The zero-order chi connectivity index (χ0) is 81.1. The van der Waals surface area contributed by atoms with Gasteiger partial charge in [0.05, 0.1) is 19.6 Å². The molecule has 1 aliphatic heterocycles. The summed E-state index contributed by atoms with van der Waals surface area (Å²) in [5, 5.41) is 19.0. The summed E-state index contributed by atoms with van der Waals surface area (Å²) in [4.78, 5) is 36.3. The minimum absolute atomic E-state index is 0. The molecule has 0 amide bonds. The van der Waals surface area contributed by atoms with Gasteiger partial charge in [-0.25, -0.2) is 0 Å². The molecule has 5 atom stereocenters. The summed E-state index contributed by atoms with van der Waals surface area (Å²) in [5.41, 5.74) is 8.46. The number of fused-ring (bicyclic) bond motifs is 6. The standard InChI is InChI=1S/C15H30NOSi.C15H26NOSi.C15H23NOSi.C15H22O2Si.C9H8O2.C9H8O.C4H8O.C4H9.CH2Cl2.CH3.2ClH.3Li.Ti.H/c3*1-15(2,3)16-18(4,5)17-14-11-7-9-12-8-6-10-13(12)14;1-15(2,3)18(4,5)17-14-8-6-7-11-12(14)9-10-13(11)16;10-8-3-1-2-6-7(8)4-5-9(6)11;10-9-6-2-4-7-3-1-5-8(7)9;1-2-4-5-3-1;1-4(2)3;2-1-3;;;;;;;;/h12-14H,6-11H2,1-5H3;7,9,11-13H,6,8,10H2,1-5H3;6-9,11,16H,10H2,1-5H3;6-8H,9-10H2,1-5H3;1-3,10H,4-5H2;1-4,6,10H,5H2;1-4H2;1-3H3;1H2;1H3;2*1H;;;;;/q2*-1;;;;;;-1;;-1;;;3*+1;+2;-1/p-2. The maximum atomic E-state index is 11.7. The van der Waals surface area contributed by atoms with Gasteiger partial charge in [-0.1, -0.05) is 199 Å². The molecular weight excluding hydrogens is 1570 g/mol. The van der Waals surface area contributed by atoms with Crippen molar-refractivity contribution in [1.29, 1.82) is 0 Å². The molecule has 1 saturated heterocycles. The predicted octanol–water partition coefficient (Wildman–Crippen LogP) is 17.8. The molecule has 4 aromatic rings. The van der Waals surface area contributed by atoms with Crippen molar-refractivity contribution in [2.24, 2.45) is 23.7 Å². The van der Waals surface area contributed by atoms with E-state index >= 15 is 0 Å². The van der Waals surface area contributed by atoms with Gasteiger partial charge in [0.15, 0.2) is 11.6 Å². The third-order valence-corrected chi connectivity index (χ3v) is 30.0. The fourth-order valence-corrected chi connectivity index (χ4v) is 23.9. The second kappa shape index (κ2) is 52.0. The number of nitrogens with one attached hydrogen (secondary N) is 1. The van der Waals surface area contributed by atoms with Gasteiger partial charge in [-0.15, -0.1) is 34.3 Å². The van der Waals surface area contributed by atoms with E-state index in [0.29, 0.717) is 48.5 Å². The van der Waals surface area contributed by atoms with Crippen molar-refractivity contribution >= 4 is 99.3 Å². The number of ketones is 2. The van der Waals surface area contributed by atoms with E-state index in [0.717, 1.165) is 83.6 Å². The SMILES string of the molecule is C1CCOC1.CC(C)(C)N[Si](C)(C)Oc1cccc2c1CC=C2.CC(C)(C)[N-][Si](C)(C)OC1=CC=CC2CCCC12.CC(C)(C)[N-][Si](C)(C)OC1CCCC2CCCC21.CC(C)(C)[Si](C)(C)Oc1cccc2c1CCC2=O.C[C-](C)C.ClCCl.O=C1CCc2c(O)cccc21.Oc1cccc2c1CC=C2.[CH3-].[Cl][Ti][Cl].[H-].[Li+].[Li+].[Li+]. The molecule has 0 bridgehead atoms. The molecule has 0 aromatic heterocycles. The van der Waals surface area contributed by atoms with Crippen molar-refractivity contribution in [3.63, 3.8) is 0 Å². The first kappa shape index (κ1) is 111. The number of alkyl halides is 2. The summed E-state index contributed by atoms with van der Waals surface area (Å²) in [7, 11) is 2.23. The van der Waals surface area contributed by atoms with Crippen LogP contribution < -0.4 is 70.4 Å². The minimum Gasteiger partial charge on any atom is -1.00 e. The second-order valence-corrected chi connectivity index (χ2v) is 54.1. The Morgan fingerprint density at radius 3 is 1.52 bits per heavy atom. The number of rotatable bonds is 11. The van der Waals surface area contributed by atoms with E-state index in [9.17, 15) is 19.8 Å². The Bertz CT molecular complexity index is 3570. The average Bonchev–Trinajstić information content (AvgIpc) is 1.71. The third kappa shape index (κ3) is 40.3. The Kier molecular flexibility index (Phi) is 51.3. The first-order valence-corrected chi connectivity index (χ1v) is 56.2. The first-order chi connectivity index (χ1) is 50.3. The molecule has 24 heteroatoms. The number of aromatic hydroxyl groups is 2. The topological polar surface area (TPSA) is 161 Å². The predicted molar refractivity (Wildman–Crippen MR) is 475 cm³/mol. The van der Waals surface area contributed by atoms with E-state index in [1.807, 2.05) is 36.4 Å². The number of nitrogens with zero attached hydrogens (tertiary/aromatic N) is 2. The van der Waals surface area contributed by atoms with Gasteiger partial charge in [0.1, 0.15) is 31.5 Å². The fourth-order valence-electron chi connectivity index (χ4n) is 15.1. The molecule has 614 valence electrons. The summed E-state index contributed by atoms with van der Waals surface area (Å²) in [6, 6.07) is 22.9. The Balaban J connectivity index is 0. The van der Waals surface area contributed by atoms with Crippen LogP contribution in [0.1, 0.15) is 243 Å². The van der Waals surface area contributed by atoms with Crippen LogP contribution in [0.2, 0.25) is 57.4 Å². The number of phenols is 2. The average molecular weight is 1710 g/mol. The summed E-state index contributed by atoms with van der Waals surface area (Å²) in [5.74, 6) is 8.82. The van der Waals surface area contributed by atoms with Crippen molar-refractivity contribution in [2.45, 2.75) is 293 Å². The Hall–Kier alpha value is -1.49. The number of carbonyl (C=O) groups excluding carboxylic acids is 2. The van der Waals surface area contributed by atoms with Gasteiger partial charge in [-0.2, -0.15) is 20.8 Å². The van der Waals surface area contributed by atoms with Gasteiger partial charge in [-0.3, -0.25) is 9.59 Å². The molecule has 9 aliphatic rings. The minimum atomic E-state index is -1.96. The molecule has 13 rings (SSSR count).